The van der Waals surface area contributed by atoms with Gasteiger partial charge in [-0.3, -0.25) is 0 Å². The van der Waals surface area contributed by atoms with Crippen molar-refractivity contribution in [2.45, 2.75) is 0 Å². The minimum Gasteiger partial charge on any atom is -0.495 e. The van der Waals surface area contributed by atoms with Crippen molar-refractivity contribution in [3.8, 4) is 5.75 Å². The SMILES string of the molecule is COc1cc(Br)ccc1NC(=O)Nc1ccccc1Cl. The molecule has 2 rings (SSSR count). The van der Waals surface area contributed by atoms with E-state index in [1.165, 1.54) is 0 Å². The van der Waals surface area contributed by atoms with Crippen molar-refractivity contribution < 1.29 is 9.53 Å². The van der Waals surface area contributed by atoms with Gasteiger partial charge in [0.15, 0.2) is 0 Å². The number of methoxy groups -OCH3 is 1. The maximum Gasteiger partial charge on any atom is 0.323 e. The first-order chi connectivity index (χ1) is 9.60. The van der Waals surface area contributed by atoms with Gasteiger partial charge in [0.05, 0.1) is 23.5 Å². The third-order valence-corrected chi connectivity index (χ3v) is 3.36. The highest BCUT2D eigenvalue weighted by atomic mass is 79.9. The van der Waals surface area contributed by atoms with Gasteiger partial charge in [0.25, 0.3) is 0 Å². The number of nitrogens with one attached hydrogen (secondary N) is 2. The summed E-state index contributed by atoms with van der Waals surface area (Å²) in [7, 11) is 1.54. The Morgan fingerprint density at radius 1 is 1.15 bits per heavy atom. The summed E-state index contributed by atoms with van der Waals surface area (Å²) >= 11 is 9.32. The molecule has 0 bridgehead atoms. The predicted molar refractivity (Wildman–Crippen MR) is 84.8 cm³/mol. The number of carbonyl (C=O) groups excluding carboxylic acids is 1. The number of rotatable bonds is 3. The zero-order valence-corrected chi connectivity index (χ0v) is 13.0. The highest BCUT2D eigenvalue weighted by Crippen LogP contribution is 2.28. The van der Waals surface area contributed by atoms with Crippen molar-refractivity contribution >= 4 is 44.9 Å². The minimum absolute atomic E-state index is 0.390. The van der Waals surface area contributed by atoms with Crippen molar-refractivity contribution in [3.05, 3.63) is 52.0 Å². The maximum atomic E-state index is 11.9. The van der Waals surface area contributed by atoms with Crippen molar-refractivity contribution in [1.29, 1.82) is 0 Å². The summed E-state index contributed by atoms with van der Waals surface area (Å²) in [5.41, 5.74) is 1.11. The molecular weight excluding hydrogens is 344 g/mol. The van der Waals surface area contributed by atoms with E-state index in [1.807, 2.05) is 6.07 Å². The number of benzene rings is 2. The zero-order chi connectivity index (χ0) is 14.5. The van der Waals surface area contributed by atoms with Gasteiger partial charge in [-0.05, 0) is 30.3 Å². The van der Waals surface area contributed by atoms with Crippen LogP contribution in [0.5, 0.6) is 5.75 Å². The molecule has 0 atom stereocenters. The summed E-state index contributed by atoms with van der Waals surface area (Å²) in [6, 6.07) is 12.0. The van der Waals surface area contributed by atoms with Crippen LogP contribution in [0.1, 0.15) is 0 Å². The molecule has 0 radical (unpaired) electrons. The lowest BCUT2D eigenvalue weighted by Gasteiger charge is -2.12. The summed E-state index contributed by atoms with van der Waals surface area (Å²) in [5.74, 6) is 0.564. The molecule has 0 saturated carbocycles. The van der Waals surface area contributed by atoms with Crippen LogP contribution in [0.4, 0.5) is 16.2 Å². The standard InChI is InChI=1S/C14H12BrClN2O2/c1-20-13-8-9(15)6-7-12(13)18-14(19)17-11-5-3-2-4-10(11)16/h2-8H,1H3,(H2,17,18,19). The van der Waals surface area contributed by atoms with Gasteiger partial charge in [-0.1, -0.05) is 39.7 Å². The predicted octanol–water partition coefficient (Wildman–Crippen LogP) is 4.76. The number of para-hydroxylation sites is 1. The second-order valence-electron chi connectivity index (χ2n) is 3.90. The molecule has 6 heteroatoms. The number of carbonyl (C=O) groups is 1. The van der Waals surface area contributed by atoms with Gasteiger partial charge in [-0.2, -0.15) is 0 Å². The molecule has 0 heterocycles. The Hall–Kier alpha value is -1.72. The Kier molecular flexibility index (Phi) is 4.87. The quantitative estimate of drug-likeness (QED) is 0.834. The Balaban J connectivity index is 2.11. The van der Waals surface area contributed by atoms with E-state index in [2.05, 4.69) is 26.6 Å². The third kappa shape index (κ3) is 3.65. The van der Waals surface area contributed by atoms with Crippen LogP contribution >= 0.6 is 27.5 Å². The molecule has 0 unspecified atom stereocenters. The van der Waals surface area contributed by atoms with Crippen LogP contribution in [0, 0.1) is 0 Å². The molecule has 0 spiro atoms. The van der Waals surface area contributed by atoms with Gasteiger partial charge in [0.1, 0.15) is 5.75 Å². The maximum absolute atomic E-state index is 11.9. The molecule has 20 heavy (non-hydrogen) atoms. The topological polar surface area (TPSA) is 50.4 Å². The lowest BCUT2D eigenvalue weighted by molar-refractivity contribution is 0.262. The normalized spacial score (nSPS) is 9.95. The average molecular weight is 356 g/mol. The summed E-state index contributed by atoms with van der Waals surface area (Å²) in [5, 5.41) is 5.86. The second kappa shape index (κ2) is 6.63. The van der Waals surface area contributed by atoms with Crippen LogP contribution in [-0.2, 0) is 0 Å². The van der Waals surface area contributed by atoms with E-state index in [4.69, 9.17) is 16.3 Å². The molecule has 0 aromatic heterocycles. The first-order valence-electron chi connectivity index (χ1n) is 5.76. The van der Waals surface area contributed by atoms with Gasteiger partial charge in [0, 0.05) is 4.47 Å². The number of halogens is 2. The van der Waals surface area contributed by atoms with Crippen molar-refractivity contribution in [1.82, 2.24) is 0 Å². The van der Waals surface area contributed by atoms with Gasteiger partial charge in [-0.15, -0.1) is 0 Å². The first-order valence-corrected chi connectivity index (χ1v) is 6.93. The van der Waals surface area contributed by atoms with Crippen molar-refractivity contribution in [2.24, 2.45) is 0 Å². The number of anilines is 2. The van der Waals surface area contributed by atoms with Crippen LogP contribution < -0.4 is 15.4 Å². The minimum atomic E-state index is -0.390. The van der Waals surface area contributed by atoms with E-state index in [0.29, 0.717) is 22.1 Å². The fourth-order valence-electron chi connectivity index (χ4n) is 1.61. The average Bonchev–Trinajstić information content (AvgIpc) is 2.43. The summed E-state index contributed by atoms with van der Waals surface area (Å²) in [6.07, 6.45) is 0. The molecule has 0 aliphatic heterocycles. The van der Waals surface area contributed by atoms with Crippen LogP contribution in [0.25, 0.3) is 0 Å². The summed E-state index contributed by atoms with van der Waals surface area (Å²) in [6.45, 7) is 0. The number of amides is 2. The number of ether oxygens (including phenoxy) is 1. The number of hydrogen-bond acceptors (Lipinski definition) is 2. The highest BCUT2D eigenvalue weighted by Gasteiger charge is 2.09. The first kappa shape index (κ1) is 14.7. The van der Waals surface area contributed by atoms with Crippen molar-refractivity contribution in [3.63, 3.8) is 0 Å². The summed E-state index contributed by atoms with van der Waals surface area (Å²) in [4.78, 5) is 11.9. The molecule has 2 aromatic carbocycles. The number of urea groups is 1. The molecule has 2 N–H and O–H groups in total. The van der Waals surface area contributed by atoms with Crippen LogP contribution in [0.2, 0.25) is 5.02 Å². The lowest BCUT2D eigenvalue weighted by atomic mass is 10.3. The number of hydrogen-bond donors (Lipinski definition) is 2. The highest BCUT2D eigenvalue weighted by molar-refractivity contribution is 9.10. The third-order valence-electron chi connectivity index (χ3n) is 2.53. The van der Waals surface area contributed by atoms with Gasteiger partial charge >= 0.3 is 6.03 Å². The van der Waals surface area contributed by atoms with E-state index in [0.717, 1.165) is 4.47 Å². The van der Waals surface area contributed by atoms with Gasteiger partial charge < -0.3 is 15.4 Å². The monoisotopic (exact) mass is 354 g/mol. The molecule has 0 aliphatic carbocycles. The Morgan fingerprint density at radius 2 is 1.85 bits per heavy atom. The summed E-state index contributed by atoms with van der Waals surface area (Å²) < 4.78 is 6.07. The van der Waals surface area contributed by atoms with Gasteiger partial charge in [-0.25, -0.2) is 4.79 Å². The largest absolute Gasteiger partial charge is 0.495 e. The van der Waals surface area contributed by atoms with E-state index < -0.39 is 6.03 Å². The molecular formula is C14H12BrClN2O2. The Labute approximate surface area is 130 Å². The van der Waals surface area contributed by atoms with E-state index in [-0.39, 0.29) is 0 Å². The molecule has 0 saturated heterocycles. The smallest absolute Gasteiger partial charge is 0.323 e. The van der Waals surface area contributed by atoms with Crippen LogP contribution in [0.15, 0.2) is 46.9 Å². The second-order valence-corrected chi connectivity index (χ2v) is 5.23. The zero-order valence-electron chi connectivity index (χ0n) is 10.6. The van der Waals surface area contributed by atoms with Crippen LogP contribution in [-0.4, -0.2) is 13.1 Å². The van der Waals surface area contributed by atoms with E-state index >= 15 is 0 Å². The Bertz CT molecular complexity index is 634. The fourth-order valence-corrected chi connectivity index (χ4v) is 2.13. The molecule has 0 fully saturated rings. The van der Waals surface area contributed by atoms with Gasteiger partial charge in [0.2, 0.25) is 0 Å². The van der Waals surface area contributed by atoms with Crippen molar-refractivity contribution in [2.75, 3.05) is 17.7 Å². The molecule has 104 valence electrons. The molecule has 4 nitrogen and oxygen atoms in total. The molecule has 0 aliphatic rings. The van der Waals surface area contributed by atoms with E-state index in [9.17, 15) is 4.79 Å². The lowest BCUT2D eigenvalue weighted by Crippen LogP contribution is -2.20. The van der Waals surface area contributed by atoms with E-state index in [1.54, 1.807) is 43.5 Å². The van der Waals surface area contributed by atoms with Crippen LogP contribution in [0.3, 0.4) is 0 Å². The molecule has 2 aromatic rings. The Morgan fingerprint density at radius 3 is 2.55 bits per heavy atom. The molecule has 2 amide bonds. The fraction of sp³-hybridized carbons (Fsp3) is 0.0714.